The van der Waals surface area contributed by atoms with E-state index in [4.69, 9.17) is 18.9 Å². The summed E-state index contributed by atoms with van der Waals surface area (Å²) in [6.07, 6.45) is 7.28. The van der Waals surface area contributed by atoms with Crippen molar-refractivity contribution in [3.8, 4) is 0 Å². The third-order valence-electron chi connectivity index (χ3n) is 10.4. The molecule has 2 saturated heterocycles. The fraction of sp³-hybridized carbons (Fsp3) is 0.958. The lowest BCUT2D eigenvalue weighted by Gasteiger charge is -2.62. The van der Waals surface area contributed by atoms with Crippen LogP contribution in [0.4, 0.5) is 0 Å². The van der Waals surface area contributed by atoms with E-state index in [1.807, 2.05) is 0 Å². The van der Waals surface area contributed by atoms with Gasteiger partial charge in [-0.15, -0.1) is 0 Å². The molecule has 1 N–H and O–H groups in total. The van der Waals surface area contributed by atoms with Gasteiger partial charge in [-0.05, 0) is 48.9 Å². The van der Waals surface area contributed by atoms with Gasteiger partial charge in [-0.2, -0.15) is 0 Å². The summed E-state index contributed by atoms with van der Waals surface area (Å²) < 4.78 is 25.5. The van der Waals surface area contributed by atoms with E-state index in [9.17, 15) is 9.90 Å². The zero-order chi connectivity index (χ0) is 20.8. The lowest BCUT2D eigenvalue weighted by molar-refractivity contribution is -0.474. The highest BCUT2D eigenvalue weighted by molar-refractivity contribution is 5.86. The van der Waals surface area contributed by atoms with Crippen molar-refractivity contribution in [2.24, 2.45) is 40.4 Å². The van der Waals surface area contributed by atoms with Crippen LogP contribution in [0.25, 0.3) is 0 Å². The van der Waals surface area contributed by atoms with E-state index >= 15 is 0 Å². The van der Waals surface area contributed by atoms with Crippen LogP contribution in [-0.4, -0.2) is 55.5 Å². The van der Waals surface area contributed by atoms with Gasteiger partial charge in [0.15, 0.2) is 0 Å². The number of hydrogen-bond acceptors (Lipinski definition) is 6. The van der Waals surface area contributed by atoms with Crippen molar-refractivity contribution in [3.05, 3.63) is 0 Å². The minimum Gasteiger partial charge on any atom is -0.396 e. The van der Waals surface area contributed by atoms with Crippen molar-refractivity contribution in [1.82, 2.24) is 0 Å². The first-order valence-corrected chi connectivity index (χ1v) is 12.1. The van der Waals surface area contributed by atoms with Crippen molar-refractivity contribution >= 4 is 5.78 Å². The molecular weight excluding hydrogens is 384 g/mol. The molecule has 4 aliphatic carbocycles. The normalized spacial score (nSPS) is 57.6. The van der Waals surface area contributed by atoms with Crippen LogP contribution >= 0.6 is 0 Å². The molecule has 6 heteroatoms. The molecule has 7 atom stereocenters. The molecule has 0 aromatic carbocycles. The molecule has 6 fully saturated rings. The summed E-state index contributed by atoms with van der Waals surface area (Å²) in [6, 6.07) is 0. The number of hydrogen-bond donors (Lipinski definition) is 1. The molecule has 6 rings (SSSR count). The molecule has 6 nitrogen and oxygen atoms in total. The van der Waals surface area contributed by atoms with Gasteiger partial charge in [0.25, 0.3) is 0 Å². The standard InChI is InChI=1S/C24H36O6/c1-21-7-4-3-5-16(21)15(14-25)20(26)19-17(21)6-8-22(2)18(19)13-23-24(22,29-11-9-27-23)30-12-10-28-23/h15-19,25H,3-14H2,1-2H3/t15-,16?,17+,18+,19-,21+,22+,23?,24?/m1/s1. The largest absolute Gasteiger partial charge is 0.396 e. The zero-order valence-corrected chi connectivity index (χ0v) is 18.4. The number of aliphatic hydroxyl groups excluding tert-OH is 1. The van der Waals surface area contributed by atoms with Gasteiger partial charge in [0.1, 0.15) is 5.78 Å². The topological polar surface area (TPSA) is 74.2 Å². The molecule has 2 heterocycles. The number of rotatable bonds is 1. The Morgan fingerprint density at radius 2 is 1.60 bits per heavy atom. The number of fused-ring (bicyclic) bond motifs is 5. The predicted octanol–water partition coefficient (Wildman–Crippen LogP) is 2.91. The van der Waals surface area contributed by atoms with Crippen molar-refractivity contribution in [3.63, 3.8) is 0 Å². The summed E-state index contributed by atoms with van der Waals surface area (Å²) in [4.78, 5) is 14.0. The van der Waals surface area contributed by atoms with Gasteiger partial charge >= 0.3 is 0 Å². The Bertz CT molecular complexity index is 725. The monoisotopic (exact) mass is 420 g/mol. The molecule has 0 radical (unpaired) electrons. The molecule has 30 heavy (non-hydrogen) atoms. The number of carbonyl (C=O) groups excluding carboxylic acids is 1. The van der Waals surface area contributed by atoms with E-state index in [-0.39, 0.29) is 41.0 Å². The molecule has 0 aromatic heterocycles. The smallest absolute Gasteiger partial charge is 0.229 e. The minimum atomic E-state index is -0.925. The number of aliphatic hydroxyl groups is 1. The molecule has 168 valence electrons. The first-order chi connectivity index (χ1) is 14.4. The summed E-state index contributed by atoms with van der Waals surface area (Å²) in [5, 5.41) is 10.3. The molecular formula is C24H36O6. The number of ether oxygens (including phenoxy) is 4. The Kier molecular flexibility index (Phi) is 4.36. The average molecular weight is 421 g/mol. The van der Waals surface area contributed by atoms with Crippen LogP contribution in [0.5, 0.6) is 0 Å². The minimum absolute atomic E-state index is 0.0258. The second kappa shape index (κ2) is 6.50. The van der Waals surface area contributed by atoms with Crippen LogP contribution in [0.2, 0.25) is 0 Å². The Balaban J connectivity index is 1.46. The Hall–Kier alpha value is -0.530. The van der Waals surface area contributed by atoms with E-state index in [0.29, 0.717) is 44.7 Å². The second-order valence-corrected chi connectivity index (χ2v) is 11.2. The van der Waals surface area contributed by atoms with Crippen LogP contribution in [0.1, 0.15) is 58.8 Å². The maximum Gasteiger partial charge on any atom is 0.229 e. The van der Waals surface area contributed by atoms with E-state index in [1.165, 1.54) is 19.3 Å². The van der Waals surface area contributed by atoms with Gasteiger partial charge in [-0.25, -0.2) is 0 Å². The highest BCUT2D eigenvalue weighted by Gasteiger charge is 2.80. The lowest BCUT2D eigenvalue weighted by Crippen LogP contribution is -2.70. The van der Waals surface area contributed by atoms with Gasteiger partial charge in [0, 0.05) is 23.7 Å². The SMILES string of the molecule is C[C@]12CCCCC1[C@@H](CO)C(=O)[C@@H]1[C@@H]2CC[C@@]2(C)[C@H]1CC13OCCOC12OCCO3. The molecule has 6 aliphatic rings. The first-order valence-electron chi connectivity index (χ1n) is 12.1. The maximum absolute atomic E-state index is 14.0. The maximum atomic E-state index is 14.0. The molecule has 2 aliphatic heterocycles. The Labute approximate surface area is 179 Å². The van der Waals surface area contributed by atoms with Crippen molar-refractivity contribution < 1.29 is 28.8 Å². The molecule has 0 aromatic rings. The van der Waals surface area contributed by atoms with Gasteiger partial charge in [0.05, 0.1) is 33.0 Å². The van der Waals surface area contributed by atoms with E-state index in [2.05, 4.69) is 13.8 Å². The third-order valence-corrected chi connectivity index (χ3v) is 10.4. The van der Waals surface area contributed by atoms with E-state index in [1.54, 1.807) is 0 Å². The van der Waals surface area contributed by atoms with Crippen molar-refractivity contribution in [1.29, 1.82) is 0 Å². The third kappa shape index (κ3) is 2.16. The molecule has 0 spiro atoms. The molecule has 1 unspecified atom stereocenters. The summed E-state index contributed by atoms with van der Waals surface area (Å²) in [7, 11) is 0. The predicted molar refractivity (Wildman–Crippen MR) is 107 cm³/mol. The fourth-order valence-electron chi connectivity index (χ4n) is 9.15. The quantitative estimate of drug-likeness (QED) is 0.703. The first kappa shape index (κ1) is 20.1. The van der Waals surface area contributed by atoms with Gasteiger partial charge in [0.2, 0.25) is 11.6 Å². The second-order valence-electron chi connectivity index (χ2n) is 11.2. The van der Waals surface area contributed by atoms with Crippen LogP contribution < -0.4 is 0 Å². The molecule has 4 saturated carbocycles. The van der Waals surface area contributed by atoms with Gasteiger partial charge < -0.3 is 24.1 Å². The Morgan fingerprint density at radius 1 is 0.900 bits per heavy atom. The lowest BCUT2D eigenvalue weighted by atomic mass is 9.42. The molecule has 0 amide bonds. The highest BCUT2D eigenvalue weighted by Crippen LogP contribution is 2.72. The molecule has 0 bridgehead atoms. The van der Waals surface area contributed by atoms with Gasteiger partial charge in [-0.1, -0.05) is 26.7 Å². The van der Waals surface area contributed by atoms with Gasteiger partial charge in [-0.3, -0.25) is 4.79 Å². The fourth-order valence-corrected chi connectivity index (χ4v) is 9.15. The summed E-state index contributed by atoms with van der Waals surface area (Å²) in [5.41, 5.74) is -0.203. The summed E-state index contributed by atoms with van der Waals surface area (Å²) >= 11 is 0. The number of Topliss-reactive ketones (excluding diaryl/α,β-unsaturated/α-hetero) is 1. The van der Waals surface area contributed by atoms with Crippen LogP contribution in [-0.2, 0) is 23.7 Å². The van der Waals surface area contributed by atoms with Crippen LogP contribution in [0.3, 0.4) is 0 Å². The number of carbonyl (C=O) groups is 1. The highest BCUT2D eigenvalue weighted by atomic mass is 16.8. The zero-order valence-electron chi connectivity index (χ0n) is 18.4. The number of ketones is 1. The van der Waals surface area contributed by atoms with Crippen LogP contribution in [0, 0.1) is 40.4 Å². The van der Waals surface area contributed by atoms with Crippen molar-refractivity contribution in [2.45, 2.75) is 70.4 Å². The average Bonchev–Trinajstić information content (AvgIpc) is 3.00. The Morgan fingerprint density at radius 3 is 2.30 bits per heavy atom. The van der Waals surface area contributed by atoms with Crippen molar-refractivity contribution in [2.75, 3.05) is 33.0 Å². The van der Waals surface area contributed by atoms with Crippen LogP contribution in [0.15, 0.2) is 0 Å². The van der Waals surface area contributed by atoms with E-state index < -0.39 is 11.6 Å². The summed E-state index contributed by atoms with van der Waals surface area (Å²) in [6.45, 7) is 6.61. The van der Waals surface area contributed by atoms with E-state index in [0.717, 1.165) is 19.3 Å². The summed E-state index contributed by atoms with van der Waals surface area (Å²) in [5.74, 6) is -1.08.